The maximum absolute atomic E-state index is 5.89. The van der Waals surface area contributed by atoms with E-state index in [2.05, 4.69) is 46.9 Å². The third-order valence-corrected chi connectivity index (χ3v) is 2.28. The molecule has 0 saturated carbocycles. The number of hydrogen-bond acceptors (Lipinski definition) is 2. The molecule has 1 unspecified atom stereocenters. The van der Waals surface area contributed by atoms with Crippen molar-refractivity contribution < 1.29 is 4.74 Å². The van der Waals surface area contributed by atoms with Crippen molar-refractivity contribution in [3.8, 4) is 0 Å². The summed E-state index contributed by atoms with van der Waals surface area (Å²) in [4.78, 5) is 0. The van der Waals surface area contributed by atoms with E-state index in [0.29, 0.717) is 18.2 Å². The number of rotatable bonds is 8. The van der Waals surface area contributed by atoms with Crippen LogP contribution in [-0.2, 0) is 4.74 Å². The fourth-order valence-electron chi connectivity index (χ4n) is 1.49. The Kier molecular flexibility index (Phi) is 8.07. The minimum atomic E-state index is 0.330. The highest BCUT2D eigenvalue weighted by Gasteiger charge is 2.12. The monoisotopic (exact) mass is 215 g/mol. The van der Waals surface area contributed by atoms with E-state index in [0.717, 1.165) is 18.9 Å². The van der Waals surface area contributed by atoms with Crippen molar-refractivity contribution in [3.05, 3.63) is 0 Å². The smallest absolute Gasteiger partial charge is 0.0703 e. The van der Waals surface area contributed by atoms with E-state index in [1.54, 1.807) is 0 Å². The van der Waals surface area contributed by atoms with Gasteiger partial charge in [0.05, 0.1) is 12.2 Å². The molecule has 1 N–H and O–H groups in total. The molecule has 0 aliphatic rings. The van der Waals surface area contributed by atoms with E-state index >= 15 is 0 Å². The summed E-state index contributed by atoms with van der Waals surface area (Å²) in [5.74, 6) is 0.766. The molecule has 0 bridgehead atoms. The highest BCUT2D eigenvalue weighted by Crippen LogP contribution is 2.11. The van der Waals surface area contributed by atoms with Crippen LogP contribution in [-0.4, -0.2) is 24.8 Å². The minimum Gasteiger partial charge on any atom is -0.374 e. The Morgan fingerprint density at radius 3 is 1.93 bits per heavy atom. The molecule has 0 rings (SSSR count). The maximum Gasteiger partial charge on any atom is 0.0703 e. The molecule has 0 fully saturated rings. The van der Waals surface area contributed by atoms with E-state index in [1.807, 2.05) is 0 Å². The first-order valence-electron chi connectivity index (χ1n) is 6.30. The van der Waals surface area contributed by atoms with Gasteiger partial charge in [0.15, 0.2) is 0 Å². The van der Waals surface area contributed by atoms with Gasteiger partial charge in [-0.3, -0.25) is 0 Å². The molecular formula is C13H29NO. The highest BCUT2D eigenvalue weighted by molar-refractivity contribution is 4.66. The van der Waals surface area contributed by atoms with Gasteiger partial charge < -0.3 is 10.1 Å². The van der Waals surface area contributed by atoms with Crippen molar-refractivity contribution in [2.75, 3.05) is 6.54 Å². The first-order valence-corrected chi connectivity index (χ1v) is 6.30. The van der Waals surface area contributed by atoms with Gasteiger partial charge in [-0.2, -0.15) is 0 Å². The lowest BCUT2D eigenvalue weighted by Crippen LogP contribution is -2.35. The molecule has 0 radical (unpaired) electrons. The second-order valence-corrected chi connectivity index (χ2v) is 5.34. The molecule has 0 aliphatic heterocycles. The summed E-state index contributed by atoms with van der Waals surface area (Å²) in [6, 6.07) is 0.544. The molecule has 0 heterocycles. The van der Waals surface area contributed by atoms with Crippen LogP contribution in [0, 0.1) is 5.92 Å². The fourth-order valence-corrected chi connectivity index (χ4v) is 1.49. The number of hydrogen-bond donors (Lipinski definition) is 1. The largest absolute Gasteiger partial charge is 0.374 e. The maximum atomic E-state index is 5.89. The van der Waals surface area contributed by atoms with Crippen LogP contribution in [0.25, 0.3) is 0 Å². The van der Waals surface area contributed by atoms with Gasteiger partial charge in [-0.25, -0.2) is 0 Å². The van der Waals surface area contributed by atoms with Gasteiger partial charge >= 0.3 is 0 Å². The Morgan fingerprint density at radius 1 is 0.933 bits per heavy atom. The number of nitrogens with one attached hydrogen (secondary N) is 1. The Bertz CT molecular complexity index is 131. The molecule has 0 aliphatic carbocycles. The Balaban J connectivity index is 3.84. The molecule has 0 spiro atoms. The van der Waals surface area contributed by atoms with E-state index in [1.165, 1.54) is 6.42 Å². The Labute approximate surface area is 95.8 Å². The summed E-state index contributed by atoms with van der Waals surface area (Å²) in [7, 11) is 0. The molecule has 0 amide bonds. The zero-order valence-electron chi connectivity index (χ0n) is 11.3. The van der Waals surface area contributed by atoms with E-state index < -0.39 is 0 Å². The average molecular weight is 215 g/mol. The van der Waals surface area contributed by atoms with Crippen LogP contribution < -0.4 is 5.32 Å². The van der Waals surface area contributed by atoms with Crippen molar-refractivity contribution in [2.24, 2.45) is 5.92 Å². The summed E-state index contributed by atoms with van der Waals surface area (Å²) in [5, 5.41) is 3.45. The lowest BCUT2D eigenvalue weighted by atomic mass is 10.0. The van der Waals surface area contributed by atoms with Crippen LogP contribution in [0.15, 0.2) is 0 Å². The van der Waals surface area contributed by atoms with Crippen molar-refractivity contribution in [2.45, 2.75) is 72.6 Å². The summed E-state index contributed by atoms with van der Waals surface area (Å²) in [6.45, 7) is 14.1. The molecular weight excluding hydrogens is 186 g/mol. The highest BCUT2D eigenvalue weighted by atomic mass is 16.5. The van der Waals surface area contributed by atoms with Crippen molar-refractivity contribution >= 4 is 0 Å². The SMILES string of the molecule is CC(C)CCC(CNC(C)C)OC(C)C. The molecule has 2 nitrogen and oxygen atoms in total. The summed E-state index contributed by atoms with van der Waals surface area (Å²) in [5.41, 5.74) is 0. The molecule has 15 heavy (non-hydrogen) atoms. The molecule has 0 aromatic rings. The standard InChI is InChI=1S/C13H29NO/c1-10(2)7-8-13(15-12(5)6)9-14-11(3)4/h10-14H,7-9H2,1-6H3. The normalized spacial score (nSPS) is 14.2. The zero-order chi connectivity index (χ0) is 11.8. The minimum absolute atomic E-state index is 0.330. The second kappa shape index (κ2) is 8.12. The molecule has 0 aromatic carbocycles. The van der Waals surface area contributed by atoms with Gasteiger partial charge in [0.1, 0.15) is 0 Å². The molecule has 0 saturated heterocycles. The quantitative estimate of drug-likeness (QED) is 0.671. The zero-order valence-corrected chi connectivity index (χ0v) is 11.3. The Hall–Kier alpha value is -0.0800. The van der Waals surface area contributed by atoms with Crippen LogP contribution in [0.4, 0.5) is 0 Å². The van der Waals surface area contributed by atoms with Crippen LogP contribution in [0.5, 0.6) is 0 Å². The third-order valence-electron chi connectivity index (χ3n) is 2.28. The average Bonchev–Trinajstić information content (AvgIpc) is 2.08. The molecule has 0 aromatic heterocycles. The molecule has 2 heteroatoms. The van der Waals surface area contributed by atoms with Gasteiger partial charge in [0.2, 0.25) is 0 Å². The Morgan fingerprint density at radius 2 is 1.53 bits per heavy atom. The second-order valence-electron chi connectivity index (χ2n) is 5.34. The van der Waals surface area contributed by atoms with Gasteiger partial charge in [-0.05, 0) is 32.6 Å². The van der Waals surface area contributed by atoms with Gasteiger partial charge in [-0.1, -0.05) is 27.7 Å². The third kappa shape index (κ3) is 10.2. The topological polar surface area (TPSA) is 21.3 Å². The van der Waals surface area contributed by atoms with Crippen LogP contribution in [0.2, 0.25) is 0 Å². The fraction of sp³-hybridized carbons (Fsp3) is 1.00. The summed E-state index contributed by atoms with van der Waals surface area (Å²) >= 11 is 0. The van der Waals surface area contributed by atoms with Crippen LogP contribution in [0.1, 0.15) is 54.4 Å². The summed E-state index contributed by atoms with van der Waals surface area (Å²) < 4.78 is 5.89. The predicted molar refractivity (Wildman–Crippen MR) is 67.2 cm³/mol. The first kappa shape index (κ1) is 14.9. The van der Waals surface area contributed by atoms with E-state index in [4.69, 9.17) is 4.74 Å². The van der Waals surface area contributed by atoms with Crippen molar-refractivity contribution in [1.82, 2.24) is 5.32 Å². The van der Waals surface area contributed by atoms with Gasteiger partial charge in [0, 0.05) is 12.6 Å². The van der Waals surface area contributed by atoms with Crippen LogP contribution >= 0.6 is 0 Å². The predicted octanol–water partition coefficient (Wildman–Crippen LogP) is 3.21. The molecule has 1 atom stereocenters. The first-order chi connectivity index (χ1) is 6.91. The van der Waals surface area contributed by atoms with E-state index in [9.17, 15) is 0 Å². The lowest BCUT2D eigenvalue weighted by molar-refractivity contribution is 0.000455. The van der Waals surface area contributed by atoms with Crippen molar-refractivity contribution in [3.63, 3.8) is 0 Å². The van der Waals surface area contributed by atoms with Crippen molar-refractivity contribution in [1.29, 1.82) is 0 Å². The van der Waals surface area contributed by atoms with Gasteiger partial charge in [-0.15, -0.1) is 0 Å². The number of ether oxygens (including phenoxy) is 1. The van der Waals surface area contributed by atoms with Gasteiger partial charge in [0.25, 0.3) is 0 Å². The molecule has 92 valence electrons. The van der Waals surface area contributed by atoms with Crippen LogP contribution in [0.3, 0.4) is 0 Å². The van der Waals surface area contributed by atoms with E-state index in [-0.39, 0.29) is 0 Å². The summed E-state index contributed by atoms with van der Waals surface area (Å²) in [6.07, 6.45) is 3.11. The lowest BCUT2D eigenvalue weighted by Gasteiger charge is -2.23.